The molecule has 5 nitrogen and oxygen atoms in total. The predicted octanol–water partition coefficient (Wildman–Crippen LogP) is 0.122. The number of hydrogen-bond donors (Lipinski definition) is 1. The highest BCUT2D eigenvalue weighted by atomic mass is 32.2. The molecule has 0 bridgehead atoms. The zero-order chi connectivity index (χ0) is 13.7. The summed E-state index contributed by atoms with van der Waals surface area (Å²) in [4.78, 5) is 2.28. The quantitative estimate of drug-likeness (QED) is 0.779. The summed E-state index contributed by atoms with van der Waals surface area (Å²) in [6.45, 7) is 7.18. The molecule has 19 heavy (non-hydrogen) atoms. The average Bonchev–Trinajstić information content (AvgIpc) is 2.40. The van der Waals surface area contributed by atoms with E-state index in [1.807, 2.05) is 0 Å². The van der Waals surface area contributed by atoms with E-state index in [-0.39, 0.29) is 0 Å². The van der Waals surface area contributed by atoms with Gasteiger partial charge >= 0.3 is 0 Å². The minimum atomic E-state index is -2.77. The van der Waals surface area contributed by atoms with Gasteiger partial charge in [-0.3, -0.25) is 0 Å². The molecule has 2 heterocycles. The number of sulfone groups is 1. The first kappa shape index (κ1) is 15.2. The minimum Gasteiger partial charge on any atom is -0.381 e. The standard InChI is InChI=1S/C13H26N2O3S/c1-2-4-14-13-3-7-18-11-12(13)10-15-5-8-19(16,17)9-6-15/h12-14H,2-11H2,1H3. The number of ether oxygens (including phenoxy) is 1. The van der Waals surface area contributed by atoms with Crippen molar-refractivity contribution < 1.29 is 13.2 Å². The van der Waals surface area contributed by atoms with Crippen LogP contribution in [0.15, 0.2) is 0 Å². The summed E-state index contributed by atoms with van der Waals surface area (Å²) in [5.41, 5.74) is 0. The SMILES string of the molecule is CCCNC1CCOCC1CN1CCS(=O)(=O)CC1. The summed E-state index contributed by atoms with van der Waals surface area (Å²) >= 11 is 0. The van der Waals surface area contributed by atoms with Crippen molar-refractivity contribution in [2.45, 2.75) is 25.8 Å². The monoisotopic (exact) mass is 290 g/mol. The van der Waals surface area contributed by atoms with Crippen LogP contribution in [-0.2, 0) is 14.6 Å². The van der Waals surface area contributed by atoms with Gasteiger partial charge in [-0.25, -0.2) is 8.42 Å². The van der Waals surface area contributed by atoms with Gasteiger partial charge in [0.05, 0.1) is 18.1 Å². The van der Waals surface area contributed by atoms with E-state index < -0.39 is 9.84 Å². The molecule has 0 radical (unpaired) electrons. The first-order valence-electron chi connectivity index (χ1n) is 7.34. The van der Waals surface area contributed by atoms with Crippen LogP contribution in [0.5, 0.6) is 0 Å². The molecule has 0 aromatic heterocycles. The third-order valence-electron chi connectivity index (χ3n) is 4.06. The lowest BCUT2D eigenvalue weighted by Crippen LogP contribution is -2.50. The predicted molar refractivity (Wildman–Crippen MR) is 76.1 cm³/mol. The van der Waals surface area contributed by atoms with Crippen molar-refractivity contribution in [1.82, 2.24) is 10.2 Å². The Morgan fingerprint density at radius 3 is 2.74 bits per heavy atom. The highest BCUT2D eigenvalue weighted by Gasteiger charge is 2.29. The molecule has 1 N–H and O–H groups in total. The van der Waals surface area contributed by atoms with Crippen LogP contribution >= 0.6 is 0 Å². The molecule has 0 spiro atoms. The molecule has 2 rings (SSSR count). The lowest BCUT2D eigenvalue weighted by Gasteiger charge is -2.37. The van der Waals surface area contributed by atoms with E-state index in [9.17, 15) is 8.42 Å². The fraction of sp³-hybridized carbons (Fsp3) is 1.00. The molecule has 0 amide bonds. The summed E-state index contributed by atoms with van der Waals surface area (Å²) in [6.07, 6.45) is 2.21. The Morgan fingerprint density at radius 1 is 1.32 bits per heavy atom. The maximum absolute atomic E-state index is 11.4. The van der Waals surface area contributed by atoms with E-state index in [4.69, 9.17) is 4.74 Å². The van der Waals surface area contributed by atoms with Crippen LogP contribution in [0.3, 0.4) is 0 Å². The molecule has 2 unspecified atom stereocenters. The van der Waals surface area contributed by atoms with Crippen LogP contribution in [0.4, 0.5) is 0 Å². The van der Waals surface area contributed by atoms with Crippen molar-refractivity contribution in [3.8, 4) is 0 Å². The Labute approximate surface area is 116 Å². The smallest absolute Gasteiger partial charge is 0.152 e. The van der Waals surface area contributed by atoms with Gasteiger partial charge in [-0.2, -0.15) is 0 Å². The van der Waals surface area contributed by atoms with E-state index in [0.29, 0.717) is 36.6 Å². The first-order valence-corrected chi connectivity index (χ1v) is 9.17. The zero-order valence-electron chi connectivity index (χ0n) is 11.8. The Balaban J connectivity index is 1.82. The Kier molecular flexibility index (Phi) is 5.62. The van der Waals surface area contributed by atoms with Gasteiger partial charge in [0.1, 0.15) is 0 Å². The van der Waals surface area contributed by atoms with Crippen molar-refractivity contribution in [2.75, 3.05) is 50.9 Å². The molecule has 0 aliphatic carbocycles. The van der Waals surface area contributed by atoms with Crippen LogP contribution in [0, 0.1) is 5.92 Å². The summed E-state index contributed by atoms with van der Waals surface area (Å²) < 4.78 is 28.5. The van der Waals surface area contributed by atoms with Crippen molar-refractivity contribution in [2.24, 2.45) is 5.92 Å². The fourth-order valence-electron chi connectivity index (χ4n) is 2.84. The largest absolute Gasteiger partial charge is 0.381 e. The maximum Gasteiger partial charge on any atom is 0.152 e. The Hall–Kier alpha value is -0.170. The number of nitrogens with zero attached hydrogens (tertiary/aromatic N) is 1. The molecule has 2 aliphatic heterocycles. The van der Waals surface area contributed by atoms with E-state index in [1.165, 1.54) is 0 Å². The Morgan fingerprint density at radius 2 is 2.05 bits per heavy atom. The maximum atomic E-state index is 11.4. The minimum absolute atomic E-state index is 0.313. The molecule has 0 aromatic rings. The van der Waals surface area contributed by atoms with Crippen LogP contribution in [0.2, 0.25) is 0 Å². The molecular formula is C13H26N2O3S. The molecule has 0 saturated carbocycles. The molecule has 6 heteroatoms. The van der Waals surface area contributed by atoms with Gasteiger partial charge in [-0.05, 0) is 19.4 Å². The van der Waals surface area contributed by atoms with Gasteiger partial charge in [0.15, 0.2) is 9.84 Å². The van der Waals surface area contributed by atoms with Gasteiger partial charge in [-0.15, -0.1) is 0 Å². The number of nitrogens with one attached hydrogen (secondary N) is 1. The lowest BCUT2D eigenvalue weighted by atomic mass is 9.95. The molecule has 2 fully saturated rings. The van der Waals surface area contributed by atoms with Crippen LogP contribution in [-0.4, -0.2) is 70.3 Å². The molecule has 2 saturated heterocycles. The van der Waals surface area contributed by atoms with E-state index in [2.05, 4.69) is 17.1 Å². The highest BCUT2D eigenvalue weighted by Crippen LogP contribution is 2.17. The third-order valence-corrected chi connectivity index (χ3v) is 5.67. The molecule has 0 aromatic carbocycles. The van der Waals surface area contributed by atoms with Crippen LogP contribution in [0.25, 0.3) is 0 Å². The lowest BCUT2D eigenvalue weighted by molar-refractivity contribution is 0.0177. The second kappa shape index (κ2) is 7.02. The Bertz CT molecular complexity index is 358. The van der Waals surface area contributed by atoms with Gasteiger partial charge in [0.25, 0.3) is 0 Å². The van der Waals surface area contributed by atoms with Gasteiger partial charge < -0.3 is 15.0 Å². The number of hydrogen-bond acceptors (Lipinski definition) is 5. The van der Waals surface area contributed by atoms with Crippen molar-refractivity contribution in [3.63, 3.8) is 0 Å². The first-order chi connectivity index (χ1) is 9.11. The van der Waals surface area contributed by atoms with Crippen molar-refractivity contribution >= 4 is 9.84 Å². The van der Waals surface area contributed by atoms with Crippen LogP contribution in [0.1, 0.15) is 19.8 Å². The second-order valence-corrected chi connectivity index (χ2v) is 7.94. The normalized spacial score (nSPS) is 32.3. The molecular weight excluding hydrogens is 264 g/mol. The molecule has 2 aliphatic rings. The van der Waals surface area contributed by atoms with E-state index in [0.717, 1.165) is 39.1 Å². The highest BCUT2D eigenvalue weighted by molar-refractivity contribution is 7.91. The fourth-order valence-corrected chi connectivity index (χ4v) is 4.12. The number of rotatable bonds is 5. The van der Waals surface area contributed by atoms with Crippen LogP contribution < -0.4 is 5.32 Å². The summed E-state index contributed by atoms with van der Waals surface area (Å²) in [5, 5.41) is 3.60. The van der Waals surface area contributed by atoms with Crippen molar-refractivity contribution in [1.29, 1.82) is 0 Å². The van der Waals surface area contributed by atoms with E-state index >= 15 is 0 Å². The van der Waals surface area contributed by atoms with E-state index in [1.54, 1.807) is 0 Å². The van der Waals surface area contributed by atoms with Gasteiger partial charge in [0.2, 0.25) is 0 Å². The summed E-state index contributed by atoms with van der Waals surface area (Å²) in [6, 6.07) is 0.521. The molecule has 112 valence electrons. The average molecular weight is 290 g/mol. The third kappa shape index (κ3) is 4.70. The molecule has 2 atom stereocenters. The summed E-state index contributed by atoms with van der Waals surface area (Å²) in [5.74, 6) is 1.11. The zero-order valence-corrected chi connectivity index (χ0v) is 12.6. The topological polar surface area (TPSA) is 58.6 Å². The van der Waals surface area contributed by atoms with Gasteiger partial charge in [-0.1, -0.05) is 6.92 Å². The van der Waals surface area contributed by atoms with Crippen molar-refractivity contribution in [3.05, 3.63) is 0 Å². The summed E-state index contributed by atoms with van der Waals surface area (Å²) in [7, 11) is -2.77. The second-order valence-electron chi connectivity index (χ2n) is 5.64. The van der Waals surface area contributed by atoms with Gasteiger partial charge in [0, 0.05) is 38.2 Å².